The van der Waals surface area contributed by atoms with Crippen molar-refractivity contribution >= 4 is 31.8 Å². The van der Waals surface area contributed by atoms with Gasteiger partial charge < -0.3 is 0 Å². The van der Waals surface area contributed by atoms with Crippen LogP contribution in [0.2, 0.25) is 0 Å². The van der Waals surface area contributed by atoms with Crippen LogP contribution in [0.3, 0.4) is 0 Å². The summed E-state index contributed by atoms with van der Waals surface area (Å²) in [5.74, 6) is -0.432. The summed E-state index contributed by atoms with van der Waals surface area (Å²) < 4.78 is 41.0. The first-order chi connectivity index (χ1) is 7.46. The minimum absolute atomic E-state index is 0.0430. The van der Waals surface area contributed by atoms with Crippen molar-refractivity contribution in [3.05, 3.63) is 28.5 Å². The van der Waals surface area contributed by atoms with Gasteiger partial charge in [0.25, 0.3) is 10.2 Å². The highest BCUT2D eigenvalue weighted by Crippen LogP contribution is 2.22. The van der Waals surface area contributed by atoms with Crippen molar-refractivity contribution in [2.45, 2.75) is 18.9 Å². The van der Waals surface area contributed by atoms with Crippen LogP contribution in [0.25, 0.3) is 0 Å². The van der Waals surface area contributed by atoms with Gasteiger partial charge in [0.05, 0.1) is 10.2 Å². The first kappa shape index (κ1) is 11.8. The van der Waals surface area contributed by atoms with Gasteiger partial charge in [0.2, 0.25) is 0 Å². The molecule has 2 rings (SSSR count). The molecular weight excluding hydrogens is 299 g/mol. The van der Waals surface area contributed by atoms with Crippen molar-refractivity contribution in [1.82, 2.24) is 4.72 Å². The minimum atomic E-state index is -3.54. The van der Waals surface area contributed by atoms with Crippen molar-refractivity contribution in [3.63, 3.8) is 0 Å². The van der Waals surface area contributed by atoms with E-state index in [9.17, 15) is 12.8 Å². The Hall–Kier alpha value is -0.660. The largest absolute Gasteiger partial charge is 0.299 e. The van der Waals surface area contributed by atoms with Crippen LogP contribution in [0.15, 0.2) is 22.7 Å². The first-order valence-electron chi connectivity index (χ1n) is 4.71. The second kappa shape index (κ2) is 4.31. The third kappa shape index (κ3) is 3.16. The van der Waals surface area contributed by atoms with Gasteiger partial charge in [-0.1, -0.05) is 0 Å². The van der Waals surface area contributed by atoms with E-state index in [0.717, 1.165) is 12.8 Å². The summed E-state index contributed by atoms with van der Waals surface area (Å²) in [7, 11) is -3.54. The van der Waals surface area contributed by atoms with Gasteiger partial charge in [-0.3, -0.25) is 4.72 Å². The Morgan fingerprint density at radius 2 is 2.06 bits per heavy atom. The number of rotatable bonds is 4. The Bertz CT molecular complexity index is 502. The molecule has 0 radical (unpaired) electrons. The molecule has 0 saturated heterocycles. The van der Waals surface area contributed by atoms with Gasteiger partial charge in [-0.15, -0.1) is 0 Å². The number of benzene rings is 1. The Labute approximate surface area is 102 Å². The van der Waals surface area contributed by atoms with Gasteiger partial charge in [-0.2, -0.15) is 13.1 Å². The summed E-state index contributed by atoms with van der Waals surface area (Å²) in [6.45, 7) is 0. The van der Waals surface area contributed by atoms with Crippen LogP contribution >= 0.6 is 15.9 Å². The zero-order valence-electron chi connectivity index (χ0n) is 8.20. The predicted molar refractivity (Wildman–Crippen MR) is 62.8 cm³/mol. The summed E-state index contributed by atoms with van der Waals surface area (Å²) in [5.41, 5.74) is 0.321. The van der Waals surface area contributed by atoms with Gasteiger partial charge in [-0.25, -0.2) is 4.39 Å². The molecule has 0 unspecified atom stereocenters. The average molecular weight is 309 g/mol. The lowest BCUT2D eigenvalue weighted by Gasteiger charge is -2.08. The molecule has 0 heterocycles. The van der Waals surface area contributed by atoms with Crippen LogP contribution in [-0.2, 0) is 10.2 Å². The third-order valence-corrected chi connectivity index (χ3v) is 3.83. The number of anilines is 1. The fourth-order valence-electron chi connectivity index (χ4n) is 1.16. The van der Waals surface area contributed by atoms with Crippen LogP contribution in [0.1, 0.15) is 12.8 Å². The van der Waals surface area contributed by atoms with Gasteiger partial charge in [0.15, 0.2) is 0 Å². The maximum atomic E-state index is 12.9. The summed E-state index contributed by atoms with van der Waals surface area (Å²) in [6, 6.07) is 3.98. The monoisotopic (exact) mass is 308 g/mol. The standard InChI is InChI=1S/C9H10BrFN2O2S/c10-8-5-7(3-4-9(8)11)13-16(14,15)12-6-1-2-6/h3-6,12-13H,1-2H2. The lowest BCUT2D eigenvalue weighted by molar-refractivity contribution is 0.586. The molecule has 2 N–H and O–H groups in total. The molecule has 1 fully saturated rings. The van der Waals surface area contributed by atoms with Crippen LogP contribution in [0, 0.1) is 5.82 Å². The highest BCUT2D eigenvalue weighted by Gasteiger charge is 2.26. The Morgan fingerprint density at radius 3 is 2.62 bits per heavy atom. The van der Waals surface area contributed by atoms with Crippen molar-refractivity contribution in [1.29, 1.82) is 0 Å². The van der Waals surface area contributed by atoms with Crippen LogP contribution in [-0.4, -0.2) is 14.5 Å². The highest BCUT2D eigenvalue weighted by atomic mass is 79.9. The van der Waals surface area contributed by atoms with Crippen LogP contribution < -0.4 is 9.44 Å². The van der Waals surface area contributed by atoms with Crippen molar-refractivity contribution in [2.24, 2.45) is 0 Å². The van der Waals surface area contributed by atoms with E-state index in [1.165, 1.54) is 18.2 Å². The van der Waals surface area contributed by atoms with E-state index in [-0.39, 0.29) is 10.5 Å². The van der Waals surface area contributed by atoms with Gasteiger partial charge >= 0.3 is 0 Å². The molecule has 0 amide bonds. The molecule has 1 aromatic rings. The third-order valence-electron chi connectivity index (χ3n) is 2.07. The molecule has 1 aliphatic carbocycles. The summed E-state index contributed by atoms with van der Waals surface area (Å²) in [4.78, 5) is 0. The number of halogens is 2. The Kier molecular flexibility index (Phi) is 3.18. The van der Waals surface area contributed by atoms with E-state index in [1.54, 1.807) is 0 Å². The Balaban J connectivity index is 2.10. The quantitative estimate of drug-likeness (QED) is 0.894. The second-order valence-electron chi connectivity index (χ2n) is 3.63. The molecular formula is C9H10BrFN2O2S. The zero-order valence-corrected chi connectivity index (χ0v) is 10.6. The number of hydrogen-bond donors (Lipinski definition) is 2. The fourth-order valence-corrected chi connectivity index (χ4v) is 2.71. The molecule has 16 heavy (non-hydrogen) atoms. The molecule has 7 heteroatoms. The van der Waals surface area contributed by atoms with E-state index in [2.05, 4.69) is 25.4 Å². The molecule has 1 aliphatic rings. The fraction of sp³-hybridized carbons (Fsp3) is 0.333. The van der Waals surface area contributed by atoms with E-state index in [4.69, 9.17) is 0 Å². The second-order valence-corrected chi connectivity index (χ2v) is 5.93. The molecule has 1 saturated carbocycles. The molecule has 0 bridgehead atoms. The first-order valence-corrected chi connectivity index (χ1v) is 6.99. The maximum absolute atomic E-state index is 12.9. The SMILES string of the molecule is O=S(=O)(Nc1ccc(F)c(Br)c1)NC1CC1. The molecule has 4 nitrogen and oxygen atoms in total. The van der Waals surface area contributed by atoms with E-state index in [0.29, 0.717) is 5.69 Å². The van der Waals surface area contributed by atoms with Gasteiger partial charge in [-0.05, 0) is 47.0 Å². The van der Waals surface area contributed by atoms with E-state index < -0.39 is 16.0 Å². The van der Waals surface area contributed by atoms with E-state index >= 15 is 0 Å². The number of nitrogens with one attached hydrogen (secondary N) is 2. The number of hydrogen-bond acceptors (Lipinski definition) is 2. The highest BCUT2D eigenvalue weighted by molar-refractivity contribution is 9.10. The van der Waals surface area contributed by atoms with Crippen LogP contribution in [0.4, 0.5) is 10.1 Å². The van der Waals surface area contributed by atoms with Gasteiger partial charge in [0, 0.05) is 6.04 Å². The van der Waals surface area contributed by atoms with Crippen LogP contribution in [0.5, 0.6) is 0 Å². The van der Waals surface area contributed by atoms with E-state index in [1.807, 2.05) is 0 Å². The average Bonchev–Trinajstić information content (AvgIpc) is 2.94. The topological polar surface area (TPSA) is 58.2 Å². The van der Waals surface area contributed by atoms with Gasteiger partial charge in [0.1, 0.15) is 5.82 Å². The molecule has 88 valence electrons. The maximum Gasteiger partial charge on any atom is 0.299 e. The summed E-state index contributed by atoms with van der Waals surface area (Å²) in [6.07, 6.45) is 1.74. The zero-order chi connectivity index (χ0) is 11.8. The lowest BCUT2D eigenvalue weighted by atomic mass is 10.3. The Morgan fingerprint density at radius 1 is 1.38 bits per heavy atom. The normalized spacial score (nSPS) is 16.1. The predicted octanol–water partition coefficient (Wildman–Crippen LogP) is 2.00. The van der Waals surface area contributed by atoms with Crippen molar-refractivity contribution in [2.75, 3.05) is 4.72 Å². The molecule has 1 aromatic carbocycles. The molecule has 0 spiro atoms. The van der Waals surface area contributed by atoms with Crippen molar-refractivity contribution in [3.8, 4) is 0 Å². The molecule has 0 aliphatic heterocycles. The summed E-state index contributed by atoms with van der Waals surface area (Å²) >= 11 is 2.99. The van der Waals surface area contributed by atoms with Crippen molar-refractivity contribution < 1.29 is 12.8 Å². The minimum Gasteiger partial charge on any atom is -0.271 e. The summed E-state index contributed by atoms with van der Waals surface area (Å²) in [5, 5.41) is 0. The molecule has 0 aromatic heterocycles. The molecule has 0 atom stereocenters. The smallest absolute Gasteiger partial charge is 0.271 e. The lowest BCUT2D eigenvalue weighted by Crippen LogP contribution is -2.31.